The third kappa shape index (κ3) is 1.86. The van der Waals surface area contributed by atoms with Crippen LogP contribution in [-0.4, -0.2) is 14.5 Å². The smallest absolute Gasteiger partial charge is 0.0886 e. The van der Waals surface area contributed by atoms with Crippen LogP contribution in [0.3, 0.4) is 0 Å². The summed E-state index contributed by atoms with van der Waals surface area (Å²) in [5.74, 6) is 0. The van der Waals surface area contributed by atoms with Gasteiger partial charge in [0.25, 0.3) is 0 Å². The highest BCUT2D eigenvalue weighted by atomic mass is 16.5. The van der Waals surface area contributed by atoms with Gasteiger partial charge in [0.1, 0.15) is 0 Å². The highest BCUT2D eigenvalue weighted by Gasteiger charge is 2.16. The Morgan fingerprint density at radius 2 is 1.04 bits per heavy atom. The second kappa shape index (κ2) is 5.15. The SMILES string of the molecule is On1c2ccccc2c2cc3c(cc21)c1ccccc1n3-c1ccccc1. The van der Waals surface area contributed by atoms with Crippen LogP contribution in [-0.2, 0) is 0 Å². The van der Waals surface area contributed by atoms with Crippen molar-refractivity contribution in [1.82, 2.24) is 9.30 Å². The molecule has 3 heteroatoms. The average Bonchev–Trinajstić information content (AvgIpc) is 3.20. The number of rotatable bonds is 1. The number of fused-ring (bicyclic) bond motifs is 6. The summed E-state index contributed by atoms with van der Waals surface area (Å²) in [6.07, 6.45) is 0. The zero-order valence-electron chi connectivity index (χ0n) is 14.5. The lowest BCUT2D eigenvalue weighted by atomic mass is 10.1. The van der Waals surface area contributed by atoms with Crippen LogP contribution in [0.4, 0.5) is 0 Å². The van der Waals surface area contributed by atoms with E-state index in [1.54, 1.807) is 0 Å². The molecule has 0 aliphatic carbocycles. The minimum atomic E-state index is 0.829. The first-order chi connectivity index (χ1) is 13.3. The topological polar surface area (TPSA) is 30.1 Å². The summed E-state index contributed by atoms with van der Waals surface area (Å²) in [6, 6.07) is 31.1. The van der Waals surface area contributed by atoms with Crippen molar-refractivity contribution in [3.8, 4) is 5.69 Å². The number of aromatic nitrogens is 2. The van der Waals surface area contributed by atoms with Crippen LogP contribution in [0, 0.1) is 0 Å². The van der Waals surface area contributed by atoms with Crippen LogP contribution in [0.15, 0.2) is 91.0 Å². The van der Waals surface area contributed by atoms with Crippen molar-refractivity contribution in [1.29, 1.82) is 0 Å². The molecule has 0 aliphatic heterocycles. The molecule has 0 bridgehead atoms. The van der Waals surface area contributed by atoms with E-state index in [0.29, 0.717) is 0 Å². The predicted octanol–water partition coefficient (Wildman–Crippen LogP) is 6.13. The molecule has 0 radical (unpaired) electrons. The zero-order valence-corrected chi connectivity index (χ0v) is 14.5. The Morgan fingerprint density at radius 1 is 0.481 bits per heavy atom. The molecule has 1 N–H and O–H groups in total. The molecule has 128 valence electrons. The van der Waals surface area contributed by atoms with Gasteiger partial charge in [0, 0.05) is 27.2 Å². The maximum absolute atomic E-state index is 10.7. The maximum atomic E-state index is 10.7. The van der Waals surface area contributed by atoms with Gasteiger partial charge in [-0.3, -0.25) is 0 Å². The average molecular weight is 348 g/mol. The second-order valence-electron chi connectivity index (χ2n) is 6.90. The number of benzene rings is 4. The molecular formula is C24H16N2O. The van der Waals surface area contributed by atoms with Gasteiger partial charge in [-0.2, -0.15) is 4.73 Å². The monoisotopic (exact) mass is 348 g/mol. The third-order valence-corrected chi connectivity index (χ3v) is 5.46. The fraction of sp³-hybridized carbons (Fsp3) is 0. The van der Waals surface area contributed by atoms with Crippen molar-refractivity contribution >= 4 is 43.6 Å². The molecule has 0 atom stereocenters. The van der Waals surface area contributed by atoms with E-state index in [9.17, 15) is 5.21 Å². The normalized spacial score (nSPS) is 11.9. The van der Waals surface area contributed by atoms with Gasteiger partial charge in [0.15, 0.2) is 0 Å². The molecule has 0 saturated carbocycles. The minimum Gasteiger partial charge on any atom is -0.428 e. The zero-order chi connectivity index (χ0) is 18.0. The van der Waals surface area contributed by atoms with Crippen molar-refractivity contribution in [2.24, 2.45) is 0 Å². The highest BCUT2D eigenvalue weighted by Crippen LogP contribution is 2.37. The first-order valence-electron chi connectivity index (χ1n) is 9.04. The van der Waals surface area contributed by atoms with E-state index in [4.69, 9.17) is 0 Å². The summed E-state index contributed by atoms with van der Waals surface area (Å²) in [5.41, 5.74) is 5.11. The molecular weight excluding hydrogens is 332 g/mol. The quantitative estimate of drug-likeness (QED) is 0.356. The molecule has 0 fully saturated rings. The largest absolute Gasteiger partial charge is 0.428 e. The molecule has 0 saturated heterocycles. The fourth-order valence-corrected chi connectivity index (χ4v) is 4.27. The van der Waals surface area contributed by atoms with E-state index in [-0.39, 0.29) is 0 Å². The van der Waals surface area contributed by atoms with E-state index < -0.39 is 0 Å². The first kappa shape index (κ1) is 14.4. The Balaban J connectivity index is 1.88. The van der Waals surface area contributed by atoms with Crippen LogP contribution < -0.4 is 0 Å². The lowest BCUT2D eigenvalue weighted by Crippen LogP contribution is -1.93. The predicted molar refractivity (Wildman–Crippen MR) is 111 cm³/mol. The van der Waals surface area contributed by atoms with Crippen molar-refractivity contribution in [3.05, 3.63) is 91.0 Å². The summed E-state index contributed by atoms with van der Waals surface area (Å²) in [4.78, 5) is 0. The Labute approximate surface area is 155 Å². The molecule has 6 rings (SSSR count). The molecule has 3 nitrogen and oxygen atoms in total. The van der Waals surface area contributed by atoms with Crippen LogP contribution in [0.5, 0.6) is 0 Å². The highest BCUT2D eigenvalue weighted by molar-refractivity contribution is 6.18. The Morgan fingerprint density at radius 3 is 1.81 bits per heavy atom. The molecule has 2 heterocycles. The van der Waals surface area contributed by atoms with Gasteiger partial charge in [-0.05, 0) is 36.4 Å². The molecule has 27 heavy (non-hydrogen) atoms. The van der Waals surface area contributed by atoms with E-state index in [2.05, 4.69) is 71.3 Å². The van der Waals surface area contributed by atoms with Crippen molar-refractivity contribution in [2.45, 2.75) is 0 Å². The molecule has 2 aromatic heterocycles. The number of hydrogen-bond acceptors (Lipinski definition) is 1. The molecule has 0 aliphatic rings. The number of para-hydroxylation sites is 3. The summed E-state index contributed by atoms with van der Waals surface area (Å²) in [5, 5.41) is 15.2. The van der Waals surface area contributed by atoms with Gasteiger partial charge in [-0.1, -0.05) is 54.6 Å². The van der Waals surface area contributed by atoms with Crippen molar-refractivity contribution in [3.63, 3.8) is 0 Å². The van der Waals surface area contributed by atoms with E-state index >= 15 is 0 Å². The standard InChI is InChI=1S/C24H16N2O/c27-26-22-13-7-5-11-18(22)20-14-23-19(15-24(20)26)17-10-4-6-12-21(17)25(23)16-8-2-1-3-9-16/h1-15,27H. The third-order valence-electron chi connectivity index (χ3n) is 5.46. The second-order valence-corrected chi connectivity index (χ2v) is 6.90. The molecule has 0 unspecified atom stereocenters. The Kier molecular flexibility index (Phi) is 2.75. The Bertz CT molecular complexity index is 1470. The van der Waals surface area contributed by atoms with E-state index in [1.807, 2.05) is 24.3 Å². The lowest BCUT2D eigenvalue weighted by Gasteiger charge is -2.07. The van der Waals surface area contributed by atoms with Crippen molar-refractivity contribution in [2.75, 3.05) is 0 Å². The van der Waals surface area contributed by atoms with Crippen LogP contribution in [0.2, 0.25) is 0 Å². The van der Waals surface area contributed by atoms with Gasteiger partial charge < -0.3 is 9.77 Å². The maximum Gasteiger partial charge on any atom is 0.0886 e. The van der Waals surface area contributed by atoms with Gasteiger partial charge in [-0.25, -0.2) is 0 Å². The number of hydrogen-bond donors (Lipinski definition) is 1. The van der Waals surface area contributed by atoms with Crippen LogP contribution in [0.1, 0.15) is 0 Å². The summed E-state index contributed by atoms with van der Waals surface area (Å²) in [6.45, 7) is 0. The van der Waals surface area contributed by atoms with Gasteiger partial charge >= 0.3 is 0 Å². The first-order valence-corrected chi connectivity index (χ1v) is 9.04. The van der Waals surface area contributed by atoms with Crippen LogP contribution >= 0.6 is 0 Å². The molecule has 0 amide bonds. The number of nitrogens with zero attached hydrogens (tertiary/aromatic N) is 2. The minimum absolute atomic E-state index is 0.829. The lowest BCUT2D eigenvalue weighted by molar-refractivity contribution is 0.213. The summed E-state index contributed by atoms with van der Waals surface area (Å²) in [7, 11) is 0. The fourth-order valence-electron chi connectivity index (χ4n) is 4.27. The molecule has 4 aromatic carbocycles. The van der Waals surface area contributed by atoms with Gasteiger partial charge in [0.05, 0.1) is 22.1 Å². The van der Waals surface area contributed by atoms with Gasteiger partial charge in [0.2, 0.25) is 0 Å². The molecule has 6 aromatic rings. The summed E-state index contributed by atoms with van der Waals surface area (Å²) >= 11 is 0. The van der Waals surface area contributed by atoms with E-state index in [1.165, 1.54) is 15.6 Å². The van der Waals surface area contributed by atoms with Crippen LogP contribution in [0.25, 0.3) is 49.3 Å². The molecule has 0 spiro atoms. The summed E-state index contributed by atoms with van der Waals surface area (Å²) < 4.78 is 3.60. The van der Waals surface area contributed by atoms with E-state index in [0.717, 1.165) is 38.4 Å². The Hall–Kier alpha value is -3.72. The van der Waals surface area contributed by atoms with Crippen molar-refractivity contribution < 1.29 is 5.21 Å². The van der Waals surface area contributed by atoms with Gasteiger partial charge in [-0.15, -0.1) is 0 Å².